The number of nitrogens with zero attached hydrogens (tertiary/aromatic N) is 4. The molecule has 0 saturated carbocycles. The number of halogens is 3. The summed E-state index contributed by atoms with van der Waals surface area (Å²) in [7, 11) is 0. The van der Waals surface area contributed by atoms with Gasteiger partial charge in [0, 0.05) is 6.54 Å². The molecule has 1 N–H and O–H groups in total. The van der Waals surface area contributed by atoms with Crippen molar-refractivity contribution in [3.05, 3.63) is 18.0 Å². The molecule has 0 aliphatic heterocycles. The van der Waals surface area contributed by atoms with Crippen LogP contribution in [-0.4, -0.2) is 26.4 Å². The third-order valence-electron chi connectivity index (χ3n) is 1.87. The number of alkyl halides is 3. The lowest BCUT2D eigenvalue weighted by molar-refractivity contribution is -0.146. The Morgan fingerprint density at radius 2 is 2.06 bits per heavy atom. The van der Waals surface area contributed by atoms with Gasteiger partial charge < -0.3 is 5.32 Å². The van der Waals surface area contributed by atoms with Gasteiger partial charge in [0.05, 0.1) is 0 Å². The van der Waals surface area contributed by atoms with Crippen LogP contribution in [0.1, 0.15) is 12.7 Å². The number of hydrogen-bond donors (Lipinski definition) is 1. The van der Waals surface area contributed by atoms with E-state index < -0.39 is 12.0 Å². The molecule has 0 aliphatic carbocycles. The van der Waals surface area contributed by atoms with Gasteiger partial charge in [-0.2, -0.15) is 17.7 Å². The average Bonchev–Trinajstić information content (AvgIpc) is 2.60. The minimum absolute atomic E-state index is 0.0639. The highest BCUT2D eigenvalue weighted by molar-refractivity contribution is 5.44. The van der Waals surface area contributed by atoms with Crippen molar-refractivity contribution < 1.29 is 13.2 Å². The quantitative estimate of drug-likeness (QED) is 0.852. The lowest BCUT2D eigenvalue weighted by Crippen LogP contribution is -2.13. The predicted molar refractivity (Wildman–Crippen MR) is 49.9 cm³/mol. The molecule has 0 atom stereocenters. The Kier molecular flexibility index (Phi) is 2.41. The van der Waals surface area contributed by atoms with E-state index in [0.29, 0.717) is 16.9 Å². The highest BCUT2D eigenvalue weighted by atomic mass is 19.4. The van der Waals surface area contributed by atoms with E-state index in [4.69, 9.17) is 0 Å². The van der Waals surface area contributed by atoms with Crippen LogP contribution < -0.4 is 5.32 Å². The molecule has 0 saturated heterocycles. The number of nitrogens with one attached hydrogen (secondary N) is 1. The van der Waals surface area contributed by atoms with E-state index in [1.807, 2.05) is 6.92 Å². The van der Waals surface area contributed by atoms with Gasteiger partial charge in [0.25, 0.3) is 5.82 Å². The fraction of sp³-hybridized carbons (Fsp3) is 0.375. The molecule has 0 fully saturated rings. The highest BCUT2D eigenvalue weighted by Gasteiger charge is 2.37. The van der Waals surface area contributed by atoms with Gasteiger partial charge in [0.2, 0.25) is 0 Å². The van der Waals surface area contributed by atoms with Crippen molar-refractivity contribution >= 4 is 11.5 Å². The smallest absolute Gasteiger partial charge is 0.369 e. The first-order valence-corrected chi connectivity index (χ1v) is 4.56. The summed E-state index contributed by atoms with van der Waals surface area (Å²) in [5.41, 5.74) is 0.0639. The van der Waals surface area contributed by atoms with Crippen molar-refractivity contribution in [2.75, 3.05) is 11.9 Å². The molecule has 8 heteroatoms. The SMILES string of the molecule is CCNc1ccc2nnc(C(F)(F)F)n2n1. The topological polar surface area (TPSA) is 55.1 Å². The summed E-state index contributed by atoms with van der Waals surface area (Å²) in [6.45, 7) is 2.39. The Bertz CT molecular complexity index is 504. The van der Waals surface area contributed by atoms with E-state index >= 15 is 0 Å². The summed E-state index contributed by atoms with van der Waals surface area (Å²) in [4.78, 5) is 0. The van der Waals surface area contributed by atoms with Crippen LogP contribution in [0.3, 0.4) is 0 Å². The van der Waals surface area contributed by atoms with Crippen molar-refractivity contribution in [3.63, 3.8) is 0 Å². The highest BCUT2D eigenvalue weighted by Crippen LogP contribution is 2.27. The van der Waals surface area contributed by atoms with Crippen LogP contribution in [-0.2, 0) is 6.18 Å². The summed E-state index contributed by atoms with van der Waals surface area (Å²) < 4.78 is 38.1. The van der Waals surface area contributed by atoms with Crippen molar-refractivity contribution in [2.45, 2.75) is 13.1 Å². The molecule has 86 valence electrons. The molecule has 5 nitrogen and oxygen atoms in total. The van der Waals surface area contributed by atoms with Crippen LogP contribution in [0.2, 0.25) is 0 Å². The van der Waals surface area contributed by atoms with E-state index in [0.717, 1.165) is 0 Å². The lowest BCUT2D eigenvalue weighted by atomic mass is 10.5. The van der Waals surface area contributed by atoms with Crippen LogP contribution in [0.25, 0.3) is 5.65 Å². The molecule has 16 heavy (non-hydrogen) atoms. The second kappa shape index (κ2) is 3.62. The van der Waals surface area contributed by atoms with E-state index in [2.05, 4.69) is 20.6 Å². The monoisotopic (exact) mass is 231 g/mol. The maximum atomic E-state index is 12.5. The van der Waals surface area contributed by atoms with Gasteiger partial charge in [0.1, 0.15) is 5.82 Å². The summed E-state index contributed by atoms with van der Waals surface area (Å²) in [5, 5.41) is 13.0. The van der Waals surface area contributed by atoms with Crippen LogP contribution in [0.15, 0.2) is 12.1 Å². The van der Waals surface area contributed by atoms with Crippen molar-refractivity contribution in [3.8, 4) is 0 Å². The van der Waals surface area contributed by atoms with Crippen molar-refractivity contribution in [1.82, 2.24) is 19.8 Å². The fourth-order valence-corrected chi connectivity index (χ4v) is 1.24. The zero-order chi connectivity index (χ0) is 11.8. The molecule has 0 spiro atoms. The van der Waals surface area contributed by atoms with Gasteiger partial charge in [-0.05, 0) is 19.1 Å². The Morgan fingerprint density at radius 3 is 2.69 bits per heavy atom. The first kappa shape index (κ1) is 10.7. The summed E-state index contributed by atoms with van der Waals surface area (Å²) in [6.07, 6.45) is -4.56. The number of rotatable bonds is 2. The van der Waals surface area contributed by atoms with Crippen molar-refractivity contribution in [1.29, 1.82) is 0 Å². The van der Waals surface area contributed by atoms with Crippen molar-refractivity contribution in [2.24, 2.45) is 0 Å². The number of anilines is 1. The molecule has 2 aromatic heterocycles. The molecule has 0 amide bonds. The number of hydrogen-bond acceptors (Lipinski definition) is 4. The molecule has 2 heterocycles. The van der Waals surface area contributed by atoms with Crippen LogP contribution in [0.4, 0.5) is 19.0 Å². The zero-order valence-corrected chi connectivity index (χ0v) is 8.28. The standard InChI is InChI=1S/C8H8F3N5/c1-2-12-5-3-4-6-13-14-7(8(9,10)11)16(6)15-5/h3-4H,2H2,1H3,(H,12,15). The molecule has 2 rings (SSSR count). The summed E-state index contributed by atoms with van der Waals surface area (Å²) in [5.74, 6) is -0.775. The Hall–Kier alpha value is -1.86. The van der Waals surface area contributed by atoms with Gasteiger partial charge >= 0.3 is 6.18 Å². The molecule has 0 bridgehead atoms. The molecule has 0 radical (unpaired) electrons. The minimum Gasteiger partial charge on any atom is -0.369 e. The molecule has 0 aromatic carbocycles. The Labute approximate surface area is 88.3 Å². The minimum atomic E-state index is -4.56. The third-order valence-corrected chi connectivity index (χ3v) is 1.87. The maximum absolute atomic E-state index is 12.5. The van der Waals surface area contributed by atoms with Gasteiger partial charge in [-0.15, -0.1) is 15.3 Å². The largest absolute Gasteiger partial charge is 0.453 e. The van der Waals surface area contributed by atoms with Gasteiger partial charge in [-0.25, -0.2) is 0 Å². The first-order chi connectivity index (χ1) is 7.52. The number of aromatic nitrogens is 4. The molecule has 0 unspecified atom stereocenters. The molecular weight excluding hydrogens is 223 g/mol. The van der Waals surface area contributed by atoms with E-state index in [1.54, 1.807) is 6.07 Å². The van der Waals surface area contributed by atoms with Gasteiger partial charge in [-0.3, -0.25) is 0 Å². The molecular formula is C8H8F3N5. The molecule has 2 aromatic rings. The summed E-state index contributed by atoms with van der Waals surface area (Å²) >= 11 is 0. The number of fused-ring (bicyclic) bond motifs is 1. The zero-order valence-electron chi connectivity index (χ0n) is 8.28. The first-order valence-electron chi connectivity index (χ1n) is 4.56. The van der Waals surface area contributed by atoms with Gasteiger partial charge in [0.15, 0.2) is 5.65 Å². The second-order valence-corrected chi connectivity index (χ2v) is 3.04. The van der Waals surface area contributed by atoms with Crippen LogP contribution >= 0.6 is 0 Å². The molecule has 0 aliphatic rings. The second-order valence-electron chi connectivity index (χ2n) is 3.04. The predicted octanol–water partition coefficient (Wildman–Crippen LogP) is 1.57. The van der Waals surface area contributed by atoms with E-state index in [1.165, 1.54) is 6.07 Å². The summed E-state index contributed by atoms with van der Waals surface area (Å²) in [6, 6.07) is 2.97. The lowest BCUT2D eigenvalue weighted by Gasteiger charge is -2.05. The van der Waals surface area contributed by atoms with E-state index in [-0.39, 0.29) is 5.65 Å². The van der Waals surface area contributed by atoms with Crippen LogP contribution in [0, 0.1) is 0 Å². The van der Waals surface area contributed by atoms with Crippen LogP contribution in [0.5, 0.6) is 0 Å². The fourth-order valence-electron chi connectivity index (χ4n) is 1.24. The normalized spacial score (nSPS) is 12.0. The third kappa shape index (κ3) is 1.77. The Balaban J connectivity index is 2.56. The van der Waals surface area contributed by atoms with E-state index in [9.17, 15) is 13.2 Å². The average molecular weight is 231 g/mol. The Morgan fingerprint density at radius 1 is 1.31 bits per heavy atom. The maximum Gasteiger partial charge on any atom is 0.453 e. The van der Waals surface area contributed by atoms with Gasteiger partial charge in [-0.1, -0.05) is 0 Å².